The highest BCUT2D eigenvalue weighted by molar-refractivity contribution is 5.82. The van der Waals surface area contributed by atoms with Crippen LogP contribution in [0.2, 0.25) is 0 Å². The van der Waals surface area contributed by atoms with Gasteiger partial charge in [0, 0.05) is 11.6 Å². The van der Waals surface area contributed by atoms with Crippen LogP contribution in [-0.2, 0) is 0 Å². The van der Waals surface area contributed by atoms with Crippen molar-refractivity contribution >= 4 is 12.0 Å². The van der Waals surface area contributed by atoms with Gasteiger partial charge in [0.1, 0.15) is 6.29 Å². The smallest absolute Gasteiger partial charge is 0.262 e. The van der Waals surface area contributed by atoms with Crippen molar-refractivity contribution in [2.24, 2.45) is 0 Å². The third kappa shape index (κ3) is 2.12. The lowest BCUT2D eigenvalue weighted by Crippen LogP contribution is -2.04. The van der Waals surface area contributed by atoms with Gasteiger partial charge >= 0.3 is 0 Å². The normalized spacial score (nSPS) is 10.3. The van der Waals surface area contributed by atoms with Gasteiger partial charge < -0.3 is 5.11 Å². The number of carbonyl (C=O) groups excluding carboxylic acids is 1. The molecule has 0 N–H and O–H groups in total. The molecule has 0 amide bonds. The van der Waals surface area contributed by atoms with Crippen LogP contribution in [0.5, 0.6) is 5.75 Å². The molecule has 0 heterocycles. The van der Waals surface area contributed by atoms with Crippen LogP contribution < -0.4 is 5.11 Å². The lowest BCUT2D eigenvalue weighted by atomic mass is 9.99. The van der Waals surface area contributed by atoms with E-state index >= 15 is 0 Å². The molecule has 80 valence electrons. The Balaban J connectivity index is 3.45. The zero-order chi connectivity index (χ0) is 11.6. The lowest BCUT2D eigenvalue weighted by molar-refractivity contribution is -0.398. The van der Waals surface area contributed by atoms with Crippen molar-refractivity contribution in [3.63, 3.8) is 0 Å². The van der Waals surface area contributed by atoms with Gasteiger partial charge in [0.25, 0.3) is 5.69 Å². The number of nitrogens with zero attached hydrogens (tertiary/aromatic N) is 1. The minimum Gasteiger partial charge on any atom is -0.867 e. The van der Waals surface area contributed by atoms with Crippen molar-refractivity contribution in [3.05, 3.63) is 33.4 Å². The summed E-state index contributed by atoms with van der Waals surface area (Å²) in [5.74, 6) is -0.789. The molecule has 15 heavy (non-hydrogen) atoms. The largest absolute Gasteiger partial charge is 0.867 e. The van der Waals surface area contributed by atoms with Crippen LogP contribution in [0.3, 0.4) is 0 Å². The van der Waals surface area contributed by atoms with Gasteiger partial charge in [0.15, 0.2) is 0 Å². The Morgan fingerprint density at radius 1 is 1.40 bits per heavy atom. The Hall–Kier alpha value is -1.91. The molecule has 0 bridgehead atoms. The second-order valence-electron chi connectivity index (χ2n) is 3.49. The van der Waals surface area contributed by atoms with Crippen molar-refractivity contribution in [2.45, 2.75) is 19.8 Å². The van der Waals surface area contributed by atoms with Crippen molar-refractivity contribution in [3.8, 4) is 5.75 Å². The van der Waals surface area contributed by atoms with Gasteiger partial charge in [-0.2, -0.15) is 0 Å². The van der Waals surface area contributed by atoms with Crippen LogP contribution in [0.1, 0.15) is 35.7 Å². The maximum absolute atomic E-state index is 11.3. The van der Waals surface area contributed by atoms with Gasteiger partial charge in [0.2, 0.25) is 0 Å². The van der Waals surface area contributed by atoms with Crippen LogP contribution in [0.15, 0.2) is 12.1 Å². The first kappa shape index (κ1) is 11.2. The first-order valence-corrected chi connectivity index (χ1v) is 4.42. The van der Waals surface area contributed by atoms with Gasteiger partial charge in [-0.3, -0.25) is 14.9 Å². The van der Waals surface area contributed by atoms with Gasteiger partial charge in [-0.1, -0.05) is 13.8 Å². The van der Waals surface area contributed by atoms with E-state index < -0.39 is 16.4 Å². The Labute approximate surface area is 86.5 Å². The van der Waals surface area contributed by atoms with Gasteiger partial charge in [-0.15, -0.1) is 0 Å². The molecule has 0 saturated heterocycles. The predicted molar refractivity (Wildman–Crippen MR) is 52.0 cm³/mol. The molecule has 0 aliphatic heterocycles. The molecule has 1 rings (SSSR count). The molecule has 0 spiro atoms. The number of hydrogen-bond acceptors (Lipinski definition) is 4. The highest BCUT2D eigenvalue weighted by Crippen LogP contribution is 2.30. The van der Waals surface area contributed by atoms with E-state index in [4.69, 9.17) is 0 Å². The maximum Gasteiger partial charge on any atom is 0.262 e. The van der Waals surface area contributed by atoms with E-state index in [1.807, 2.05) is 13.8 Å². The van der Waals surface area contributed by atoms with Crippen LogP contribution in [-0.4, -0.2) is 11.2 Å². The molecule has 0 aliphatic carbocycles. The summed E-state index contributed by atoms with van der Waals surface area (Å²) >= 11 is 0. The molecule has 1 aromatic rings. The molecule has 0 fully saturated rings. The van der Waals surface area contributed by atoms with E-state index in [0.717, 1.165) is 0 Å². The third-order valence-corrected chi connectivity index (χ3v) is 2.11. The Morgan fingerprint density at radius 3 is 2.40 bits per heavy atom. The summed E-state index contributed by atoms with van der Waals surface area (Å²) in [6, 6.07) is 2.62. The fourth-order valence-corrected chi connectivity index (χ4v) is 1.21. The molecule has 0 atom stereocenters. The van der Waals surface area contributed by atoms with Crippen molar-refractivity contribution in [2.75, 3.05) is 0 Å². The second kappa shape index (κ2) is 4.08. The third-order valence-electron chi connectivity index (χ3n) is 2.11. The summed E-state index contributed by atoms with van der Waals surface area (Å²) in [4.78, 5) is 20.3. The van der Waals surface area contributed by atoms with Crippen molar-refractivity contribution in [1.29, 1.82) is 0 Å². The fourth-order valence-electron chi connectivity index (χ4n) is 1.21. The lowest BCUT2D eigenvalue weighted by Gasteiger charge is -2.13. The van der Waals surface area contributed by atoms with Crippen molar-refractivity contribution in [1.82, 2.24) is 0 Å². The highest BCUT2D eigenvalue weighted by atomic mass is 16.6. The van der Waals surface area contributed by atoms with Crippen LogP contribution in [0.25, 0.3) is 0 Å². The van der Waals surface area contributed by atoms with Crippen LogP contribution in [0, 0.1) is 10.1 Å². The zero-order valence-electron chi connectivity index (χ0n) is 8.39. The topological polar surface area (TPSA) is 83.3 Å². The molecule has 1 aromatic carbocycles. The van der Waals surface area contributed by atoms with E-state index in [2.05, 4.69) is 0 Å². The summed E-state index contributed by atoms with van der Waals surface area (Å²) < 4.78 is 0. The zero-order valence-corrected chi connectivity index (χ0v) is 8.39. The predicted octanol–water partition coefficient (Wildman–Crippen LogP) is 1.60. The van der Waals surface area contributed by atoms with Crippen LogP contribution >= 0.6 is 0 Å². The Morgan fingerprint density at radius 2 is 2.00 bits per heavy atom. The first-order chi connectivity index (χ1) is 6.97. The van der Waals surface area contributed by atoms with E-state index in [1.165, 1.54) is 12.1 Å². The average Bonchev–Trinajstić information content (AvgIpc) is 2.17. The number of aldehydes is 1. The first-order valence-electron chi connectivity index (χ1n) is 4.42. The molecular formula is C10H10NO4-. The van der Waals surface area contributed by atoms with Gasteiger partial charge in [-0.05, 0) is 23.3 Å². The average molecular weight is 208 g/mol. The quantitative estimate of drug-likeness (QED) is 0.429. The molecule has 0 radical (unpaired) electrons. The van der Waals surface area contributed by atoms with E-state index in [9.17, 15) is 20.0 Å². The molecule has 0 aromatic heterocycles. The number of benzene rings is 1. The molecule has 0 unspecified atom stereocenters. The fraction of sp³-hybridized carbons (Fsp3) is 0.300. The van der Waals surface area contributed by atoms with Gasteiger partial charge in [0.05, 0.1) is 4.92 Å². The van der Waals surface area contributed by atoms with Crippen LogP contribution in [0.4, 0.5) is 5.69 Å². The summed E-state index contributed by atoms with van der Waals surface area (Å²) in [5.41, 5.74) is -0.0837. The Kier molecular flexibility index (Phi) is 3.04. The van der Waals surface area contributed by atoms with E-state index in [0.29, 0.717) is 11.8 Å². The number of nitro benzene ring substituents is 1. The number of carbonyl (C=O) groups is 1. The molecule has 0 saturated carbocycles. The summed E-state index contributed by atoms with van der Waals surface area (Å²) in [5, 5.41) is 21.9. The minimum atomic E-state index is -0.820. The molecule has 5 nitrogen and oxygen atoms in total. The molecule has 0 aliphatic rings. The SMILES string of the molecule is CC(C)c1cc(C=O)c([O-])c([N+](=O)[O-])c1. The maximum atomic E-state index is 11.3. The number of nitro groups is 1. The minimum absolute atomic E-state index is 0.0306. The van der Waals surface area contributed by atoms with E-state index in [1.54, 1.807) is 0 Å². The molecule has 5 heteroatoms. The monoisotopic (exact) mass is 208 g/mol. The molecular weight excluding hydrogens is 198 g/mol. The summed E-state index contributed by atoms with van der Waals surface area (Å²) in [6.07, 6.45) is 0.348. The van der Waals surface area contributed by atoms with E-state index in [-0.39, 0.29) is 11.5 Å². The van der Waals surface area contributed by atoms with Crippen molar-refractivity contribution < 1.29 is 14.8 Å². The summed E-state index contributed by atoms with van der Waals surface area (Å²) in [6.45, 7) is 3.66. The van der Waals surface area contributed by atoms with Gasteiger partial charge in [-0.25, -0.2) is 0 Å². The Bertz CT molecular complexity index is 412. The summed E-state index contributed by atoms with van der Waals surface area (Å²) in [7, 11) is 0. The highest BCUT2D eigenvalue weighted by Gasteiger charge is 2.13. The number of hydrogen-bond donors (Lipinski definition) is 0. The number of rotatable bonds is 3. The standard InChI is InChI=1S/C10H11NO4/c1-6(2)7-3-8(5-12)10(13)9(4-7)11(14)15/h3-6,13H,1-2H3/p-1. The second-order valence-corrected chi connectivity index (χ2v) is 3.49.